The van der Waals surface area contributed by atoms with Crippen LogP contribution in [0.15, 0.2) is 81.7 Å². The van der Waals surface area contributed by atoms with E-state index in [9.17, 15) is 66.4 Å². The highest BCUT2D eigenvalue weighted by Gasteiger charge is 2.44. The summed E-state index contributed by atoms with van der Waals surface area (Å²) in [6, 6.07) is 23.4. The van der Waals surface area contributed by atoms with Crippen molar-refractivity contribution < 1.29 is 85.7 Å². The van der Waals surface area contributed by atoms with Crippen LogP contribution in [0.1, 0.15) is 18.6 Å². The summed E-state index contributed by atoms with van der Waals surface area (Å²) < 4.78 is 22.0. The molecule has 15 atom stereocenters. The summed E-state index contributed by atoms with van der Waals surface area (Å²) in [5.74, 6) is 13.5. The van der Waals surface area contributed by atoms with E-state index >= 15 is 0 Å². The topological polar surface area (TPSA) is 321 Å². The van der Waals surface area contributed by atoms with Crippen molar-refractivity contribution in [2.24, 2.45) is 0 Å². The molecule has 3 saturated heterocycles. The van der Waals surface area contributed by atoms with Gasteiger partial charge in [0, 0.05) is 54.7 Å². The van der Waals surface area contributed by atoms with Crippen molar-refractivity contribution in [2.75, 3.05) is 33.0 Å². The van der Waals surface area contributed by atoms with Crippen LogP contribution >= 0.6 is 55.8 Å². The molecule has 0 radical (unpaired) electrons. The number of terminal acetylenes is 1. The summed E-state index contributed by atoms with van der Waals surface area (Å²) in [7, 11) is 0. The number of aromatic nitrogens is 2. The smallest absolute Gasteiger partial charge is 0.147 e. The summed E-state index contributed by atoms with van der Waals surface area (Å²) in [5, 5.41) is 139. The van der Waals surface area contributed by atoms with E-state index in [1.54, 1.807) is 24.3 Å². The molecular formula is C53H61Br2IN2O17. The van der Waals surface area contributed by atoms with Crippen molar-refractivity contribution in [2.45, 2.75) is 112 Å². The lowest BCUT2D eigenvalue weighted by Crippen LogP contribution is -2.58. The van der Waals surface area contributed by atoms with E-state index in [1.165, 1.54) is 10.8 Å². The average molecular weight is 1280 g/mol. The third-order valence-electron chi connectivity index (χ3n) is 12.9. The Morgan fingerprint density at radius 3 is 1.07 bits per heavy atom. The number of halogens is 3. The summed E-state index contributed by atoms with van der Waals surface area (Å²) in [5.41, 5.74) is 4.93. The third-order valence-corrected chi connectivity index (χ3v) is 13.9. The Morgan fingerprint density at radius 2 is 0.747 bits per heavy atom. The predicted molar refractivity (Wildman–Crippen MR) is 294 cm³/mol. The maximum absolute atomic E-state index is 10.3. The van der Waals surface area contributed by atoms with Crippen molar-refractivity contribution in [3.8, 4) is 36.0 Å². The fourth-order valence-electron chi connectivity index (χ4n) is 8.96. The molecule has 3 aliphatic rings. The first-order valence-electron chi connectivity index (χ1n) is 23.1. The number of aliphatic hydroxyl groups excluding tert-OH is 14. The number of hydrogen-bond donors (Lipinski definition) is 14. The van der Waals surface area contributed by atoms with Gasteiger partial charge in [0.2, 0.25) is 0 Å². The van der Waals surface area contributed by atoms with Gasteiger partial charge >= 0.3 is 0 Å². The minimum absolute atomic E-state index is 0. The molecule has 19 nitrogen and oxygen atoms in total. The van der Waals surface area contributed by atoms with E-state index in [1.807, 2.05) is 28.8 Å². The van der Waals surface area contributed by atoms with E-state index in [-0.39, 0.29) is 51.2 Å². The highest BCUT2D eigenvalue weighted by Crippen LogP contribution is 2.34. The van der Waals surface area contributed by atoms with Crippen LogP contribution < -0.4 is 0 Å². The molecule has 0 amide bonds. The Balaban J connectivity index is 0.000000257. The van der Waals surface area contributed by atoms with Gasteiger partial charge in [0.25, 0.3) is 0 Å². The quantitative estimate of drug-likeness (QED) is 0.0750. The summed E-state index contributed by atoms with van der Waals surface area (Å²) >= 11 is 7.01. The summed E-state index contributed by atoms with van der Waals surface area (Å²) in [6.07, 6.45) is -14.3. The molecule has 22 heteroatoms. The second-order valence-corrected chi connectivity index (χ2v) is 19.3. The number of rotatable bonds is 7. The molecule has 0 unspecified atom stereocenters. The lowest BCUT2D eigenvalue weighted by atomic mass is 9.95. The zero-order chi connectivity index (χ0) is 52.8. The molecule has 3 aliphatic heterocycles. The number of aliphatic hydroxyl groups is 14. The van der Waals surface area contributed by atoms with Crippen LogP contribution in [0.25, 0.3) is 43.6 Å². The van der Waals surface area contributed by atoms with Gasteiger partial charge in [-0.3, -0.25) is 0 Å². The zero-order valence-corrected chi connectivity index (χ0v) is 44.7. The van der Waals surface area contributed by atoms with Crippen LogP contribution in [0, 0.1) is 36.0 Å². The second kappa shape index (κ2) is 27.7. The predicted octanol–water partition coefficient (Wildman–Crippen LogP) is 0.202. The minimum atomic E-state index is -1.53. The zero-order valence-electron chi connectivity index (χ0n) is 39.2. The molecule has 3 fully saturated rings. The van der Waals surface area contributed by atoms with Crippen LogP contribution in [0.2, 0.25) is 0 Å². The number of fused-ring (bicyclic) bond motifs is 6. The molecule has 5 heterocycles. The van der Waals surface area contributed by atoms with Crippen molar-refractivity contribution in [1.29, 1.82) is 0 Å². The van der Waals surface area contributed by atoms with E-state index < -0.39 is 111 Å². The van der Waals surface area contributed by atoms with Gasteiger partial charge in [0.1, 0.15) is 91.6 Å². The fraction of sp³-hybridized carbons (Fsp3) is 0.434. The van der Waals surface area contributed by atoms with Crippen molar-refractivity contribution in [1.82, 2.24) is 9.13 Å². The minimum Gasteiger partial charge on any atom is -0.395 e. The molecule has 6 aromatic rings. The Hall–Kier alpha value is -3.83. The van der Waals surface area contributed by atoms with Gasteiger partial charge in [-0.2, -0.15) is 0 Å². The molecule has 2 aromatic heterocycles. The summed E-state index contributed by atoms with van der Waals surface area (Å²) in [6.45, 7) is -0.710. The van der Waals surface area contributed by atoms with Crippen molar-refractivity contribution in [3.05, 3.63) is 92.9 Å². The molecule has 406 valence electrons. The lowest BCUT2D eigenvalue weighted by Gasteiger charge is -2.37. The van der Waals surface area contributed by atoms with E-state index in [0.29, 0.717) is 17.7 Å². The first kappa shape index (κ1) is 62.0. The van der Waals surface area contributed by atoms with Crippen molar-refractivity contribution >= 4 is 99.4 Å². The molecule has 0 saturated carbocycles. The molecule has 9 rings (SSSR count). The van der Waals surface area contributed by atoms with Crippen LogP contribution in [-0.4, -0.2) is 205 Å². The van der Waals surface area contributed by atoms with Gasteiger partial charge in [-0.1, -0.05) is 93.2 Å². The van der Waals surface area contributed by atoms with Crippen LogP contribution in [0.3, 0.4) is 0 Å². The Labute approximate surface area is 465 Å². The molecule has 14 N–H and O–H groups in total. The molecular weight excluding hydrogens is 1220 g/mol. The molecule has 75 heavy (non-hydrogen) atoms. The van der Waals surface area contributed by atoms with E-state index in [4.69, 9.17) is 25.7 Å². The second-order valence-electron chi connectivity index (χ2n) is 17.5. The average Bonchev–Trinajstić information content (AvgIpc) is 3.86. The molecule has 4 aromatic carbocycles. The molecule has 0 spiro atoms. The van der Waals surface area contributed by atoms with Gasteiger partial charge in [-0.25, -0.2) is 0 Å². The monoisotopic (exact) mass is 1280 g/mol. The normalized spacial score (nSPS) is 29.2. The SMILES string of the molecule is C.C#C[C@H]1O[C@H](CO)[C@@H](O)[C@H](O)[C@@H]1O.I.OCCn1c2cc(Br)ccc2c2ccc(Br)cc21.OCCn1c2cc(C#C[C@H]3O[C@H](CO)[C@@H](O)[C@H](O)[C@@H]3O)ccc2c2ccc(C#C[C@H]3O[C@H](CO)[C@@H](O)[C@H](O)[C@@H]3O)cc21. The standard InChI is InChI=1S/C30H33NO11.C14H11Br2NO.C8H12O5.CH4.HI/c32-10-9-31-19-11-15(3-7-21-25(35)29(39)27(37)23(13-33)41-21)1-5-17(19)18-6-2-16(12-20(18)31)4-8-22-26(36)30(40)28(38)24(14-34)42-22;15-9-1-3-11-12-4-2-10(16)8-14(12)17(5-6-18)13(11)7-9;1-2-4-6(10)8(12)7(11)5(3-9)13-4;;/h1-2,5-6,11-12,21-30,32-40H,9-10,13-14H2;1-4,7-8,18H,5-6H2;1,4-12H,3H2;1H4;1H/t21-,22-,23-,24-,25-,26-,27-,28-,29-,30-;;4-,5-,6-,7-,8-;;/m1.1../s1. The first-order valence-corrected chi connectivity index (χ1v) is 24.6. The lowest BCUT2D eigenvalue weighted by molar-refractivity contribution is -0.214. The largest absolute Gasteiger partial charge is 0.395 e. The highest BCUT2D eigenvalue weighted by molar-refractivity contribution is 14.0. The highest BCUT2D eigenvalue weighted by atomic mass is 127. The number of hydrogen-bond acceptors (Lipinski definition) is 17. The Bertz CT molecular complexity index is 2880. The number of benzene rings is 4. The van der Waals surface area contributed by atoms with Gasteiger partial charge in [-0.15, -0.1) is 30.4 Å². The third kappa shape index (κ3) is 13.4. The number of ether oxygens (including phenoxy) is 3. The number of nitrogens with zero attached hydrogens (tertiary/aromatic N) is 2. The molecule has 0 bridgehead atoms. The van der Waals surface area contributed by atoms with Crippen LogP contribution in [0.4, 0.5) is 0 Å². The maximum atomic E-state index is 10.3. The summed E-state index contributed by atoms with van der Waals surface area (Å²) in [4.78, 5) is 0. The van der Waals surface area contributed by atoms with Crippen LogP contribution in [0.5, 0.6) is 0 Å². The van der Waals surface area contributed by atoms with Crippen molar-refractivity contribution in [3.63, 3.8) is 0 Å². The van der Waals surface area contributed by atoms with Gasteiger partial charge in [0.05, 0.1) is 55.1 Å². The van der Waals surface area contributed by atoms with E-state index in [0.717, 1.165) is 41.8 Å². The van der Waals surface area contributed by atoms with Gasteiger partial charge in [-0.05, 0) is 48.5 Å². The Morgan fingerprint density at radius 1 is 0.440 bits per heavy atom. The first-order chi connectivity index (χ1) is 35.0. The molecule has 0 aliphatic carbocycles. The fourth-order valence-corrected chi connectivity index (χ4v) is 9.66. The van der Waals surface area contributed by atoms with Gasteiger partial charge < -0.3 is 94.8 Å². The maximum Gasteiger partial charge on any atom is 0.147 e. The van der Waals surface area contributed by atoms with Crippen LogP contribution in [-0.2, 0) is 27.3 Å². The van der Waals surface area contributed by atoms with E-state index in [2.05, 4.69) is 90.3 Å². The Kier molecular flexibility index (Phi) is 22.9. The van der Waals surface area contributed by atoms with Gasteiger partial charge in [0.15, 0.2) is 0 Å².